The predicted molar refractivity (Wildman–Crippen MR) is 62.2 cm³/mol. The van der Waals surface area contributed by atoms with Crippen molar-refractivity contribution in [2.24, 2.45) is 11.7 Å². The van der Waals surface area contributed by atoms with Crippen molar-refractivity contribution in [3.8, 4) is 0 Å². The number of rotatable bonds is 2. The van der Waals surface area contributed by atoms with Crippen LogP contribution in [0.2, 0.25) is 0 Å². The molecule has 0 saturated carbocycles. The summed E-state index contributed by atoms with van der Waals surface area (Å²) in [4.78, 5) is 24.9. The molecule has 0 radical (unpaired) electrons. The first-order valence-electron chi connectivity index (χ1n) is 5.49. The van der Waals surface area contributed by atoms with Gasteiger partial charge in [0.05, 0.1) is 5.92 Å². The van der Waals surface area contributed by atoms with Gasteiger partial charge in [0.2, 0.25) is 11.8 Å². The minimum Gasteiger partial charge on any atom is -0.355 e. The first kappa shape index (κ1) is 13.3. The first-order chi connectivity index (χ1) is 7.22. The van der Waals surface area contributed by atoms with E-state index in [-0.39, 0.29) is 36.2 Å². The molecular weight excluding hydrogens is 230 g/mol. The van der Waals surface area contributed by atoms with Crippen molar-refractivity contribution < 1.29 is 9.59 Å². The number of nitrogens with zero attached hydrogens (tertiary/aromatic N) is 1. The minimum absolute atomic E-state index is 0. The Balaban J connectivity index is 0.00000128. The van der Waals surface area contributed by atoms with Crippen LogP contribution in [0.5, 0.6) is 0 Å². The lowest BCUT2D eigenvalue weighted by atomic mass is 10.1. The molecule has 2 fully saturated rings. The average molecular weight is 248 g/mol. The van der Waals surface area contributed by atoms with Gasteiger partial charge >= 0.3 is 0 Å². The van der Waals surface area contributed by atoms with Gasteiger partial charge < -0.3 is 16.0 Å². The summed E-state index contributed by atoms with van der Waals surface area (Å²) < 4.78 is 0. The molecule has 0 aromatic carbocycles. The highest BCUT2D eigenvalue weighted by Gasteiger charge is 2.35. The van der Waals surface area contributed by atoms with Crippen molar-refractivity contribution in [2.75, 3.05) is 19.6 Å². The predicted octanol–water partition coefficient (Wildman–Crippen LogP) is -0.506. The topological polar surface area (TPSA) is 75.4 Å². The lowest BCUT2D eigenvalue weighted by molar-refractivity contribution is -0.136. The van der Waals surface area contributed by atoms with E-state index in [0.717, 1.165) is 19.4 Å². The van der Waals surface area contributed by atoms with E-state index >= 15 is 0 Å². The van der Waals surface area contributed by atoms with Crippen molar-refractivity contribution in [2.45, 2.75) is 25.3 Å². The Labute approximate surface area is 101 Å². The van der Waals surface area contributed by atoms with Gasteiger partial charge in [-0.3, -0.25) is 9.59 Å². The number of amides is 2. The number of carbonyl (C=O) groups is 2. The fraction of sp³-hybridized carbons (Fsp3) is 0.800. The summed E-state index contributed by atoms with van der Waals surface area (Å²) in [6, 6.07) is 0.188. The van der Waals surface area contributed by atoms with Gasteiger partial charge in [-0.25, -0.2) is 0 Å². The van der Waals surface area contributed by atoms with Crippen molar-refractivity contribution in [3.05, 3.63) is 0 Å². The van der Waals surface area contributed by atoms with E-state index in [0.29, 0.717) is 19.5 Å². The lowest BCUT2D eigenvalue weighted by Gasteiger charge is -2.25. The highest BCUT2D eigenvalue weighted by atomic mass is 35.5. The number of hydrogen-bond donors (Lipinski definition) is 2. The smallest absolute Gasteiger partial charge is 0.228 e. The molecule has 2 saturated heterocycles. The Hall–Kier alpha value is -0.810. The molecule has 3 N–H and O–H groups in total. The molecule has 2 rings (SSSR count). The van der Waals surface area contributed by atoms with Crippen LogP contribution in [0.15, 0.2) is 0 Å². The maximum atomic E-state index is 12.0. The molecule has 6 heteroatoms. The molecule has 0 aromatic rings. The molecule has 2 heterocycles. The van der Waals surface area contributed by atoms with Crippen molar-refractivity contribution in [1.29, 1.82) is 0 Å². The molecule has 0 bridgehead atoms. The first-order valence-corrected chi connectivity index (χ1v) is 5.49. The molecule has 92 valence electrons. The summed E-state index contributed by atoms with van der Waals surface area (Å²) in [5, 5.41) is 2.69. The fourth-order valence-corrected chi connectivity index (χ4v) is 2.39. The largest absolute Gasteiger partial charge is 0.355 e. The minimum atomic E-state index is -0.162. The van der Waals surface area contributed by atoms with E-state index in [1.54, 1.807) is 0 Å². The molecule has 2 aliphatic heterocycles. The molecular formula is C10H18ClN3O2. The van der Waals surface area contributed by atoms with E-state index < -0.39 is 0 Å². The third kappa shape index (κ3) is 2.47. The Morgan fingerprint density at radius 3 is 2.88 bits per heavy atom. The third-order valence-corrected chi connectivity index (χ3v) is 3.26. The Bertz CT molecular complexity index is 285. The Morgan fingerprint density at radius 2 is 2.31 bits per heavy atom. The zero-order valence-corrected chi connectivity index (χ0v) is 9.96. The number of hydrogen-bond acceptors (Lipinski definition) is 3. The highest BCUT2D eigenvalue weighted by molar-refractivity contribution is 5.89. The van der Waals surface area contributed by atoms with Crippen LogP contribution in [0.1, 0.15) is 19.3 Å². The van der Waals surface area contributed by atoms with E-state index in [4.69, 9.17) is 5.73 Å². The average Bonchev–Trinajstić information content (AvgIpc) is 2.84. The second-order valence-corrected chi connectivity index (χ2v) is 4.27. The molecule has 0 aromatic heterocycles. The van der Waals surface area contributed by atoms with Crippen LogP contribution in [0.25, 0.3) is 0 Å². The van der Waals surface area contributed by atoms with Crippen molar-refractivity contribution in [1.82, 2.24) is 10.2 Å². The summed E-state index contributed by atoms with van der Waals surface area (Å²) in [6.07, 6.45) is 2.37. The van der Waals surface area contributed by atoms with Gasteiger partial charge in [-0.1, -0.05) is 0 Å². The second kappa shape index (κ2) is 5.50. The maximum Gasteiger partial charge on any atom is 0.228 e. The molecule has 0 aliphatic carbocycles. The third-order valence-electron chi connectivity index (χ3n) is 3.26. The van der Waals surface area contributed by atoms with Gasteiger partial charge in [-0.2, -0.15) is 0 Å². The van der Waals surface area contributed by atoms with Gasteiger partial charge in [-0.05, 0) is 12.8 Å². The monoisotopic (exact) mass is 247 g/mol. The van der Waals surface area contributed by atoms with E-state index in [2.05, 4.69) is 5.32 Å². The molecule has 2 amide bonds. The van der Waals surface area contributed by atoms with Gasteiger partial charge in [0.25, 0.3) is 0 Å². The van der Waals surface area contributed by atoms with Crippen LogP contribution in [-0.4, -0.2) is 42.4 Å². The number of halogens is 1. The van der Waals surface area contributed by atoms with Gasteiger partial charge in [0, 0.05) is 32.1 Å². The molecule has 5 nitrogen and oxygen atoms in total. The maximum absolute atomic E-state index is 12.0. The van der Waals surface area contributed by atoms with Crippen LogP contribution in [0.3, 0.4) is 0 Å². The molecule has 16 heavy (non-hydrogen) atoms. The van der Waals surface area contributed by atoms with Crippen LogP contribution < -0.4 is 11.1 Å². The van der Waals surface area contributed by atoms with E-state index in [1.807, 2.05) is 4.90 Å². The molecule has 2 aliphatic rings. The lowest BCUT2D eigenvalue weighted by Crippen LogP contribution is -2.43. The Kier molecular flexibility index (Phi) is 4.56. The van der Waals surface area contributed by atoms with Gasteiger partial charge in [-0.15, -0.1) is 12.4 Å². The summed E-state index contributed by atoms with van der Waals surface area (Å²) in [5.74, 6) is -0.0807. The van der Waals surface area contributed by atoms with Crippen LogP contribution in [0.4, 0.5) is 0 Å². The van der Waals surface area contributed by atoms with Crippen LogP contribution in [0, 0.1) is 5.92 Å². The van der Waals surface area contributed by atoms with Crippen molar-refractivity contribution >= 4 is 24.2 Å². The van der Waals surface area contributed by atoms with Crippen molar-refractivity contribution in [3.63, 3.8) is 0 Å². The summed E-state index contributed by atoms with van der Waals surface area (Å²) in [7, 11) is 0. The standard InChI is InChI=1S/C10H17N3O2.ClH/c11-5-8-2-1-3-13(8)10(15)7-4-9(14)12-6-7;/h7-8H,1-6,11H2,(H,12,14);1H. The quantitative estimate of drug-likeness (QED) is 0.691. The second-order valence-electron chi connectivity index (χ2n) is 4.27. The summed E-state index contributed by atoms with van der Waals surface area (Å²) in [5.41, 5.74) is 5.61. The Morgan fingerprint density at radius 1 is 1.56 bits per heavy atom. The SMILES string of the molecule is Cl.NCC1CCCN1C(=O)C1CNC(=O)C1. The van der Waals surface area contributed by atoms with Crippen LogP contribution >= 0.6 is 12.4 Å². The summed E-state index contributed by atoms with van der Waals surface area (Å²) >= 11 is 0. The molecule has 0 spiro atoms. The number of likely N-dealkylation sites (tertiary alicyclic amines) is 1. The number of nitrogens with two attached hydrogens (primary N) is 1. The fourth-order valence-electron chi connectivity index (χ4n) is 2.39. The molecule has 2 atom stereocenters. The zero-order chi connectivity index (χ0) is 10.8. The number of carbonyl (C=O) groups excluding carboxylic acids is 2. The molecule has 2 unspecified atom stereocenters. The highest BCUT2D eigenvalue weighted by Crippen LogP contribution is 2.21. The van der Waals surface area contributed by atoms with Crippen LogP contribution in [-0.2, 0) is 9.59 Å². The van der Waals surface area contributed by atoms with E-state index in [1.165, 1.54) is 0 Å². The zero-order valence-electron chi connectivity index (χ0n) is 9.15. The van der Waals surface area contributed by atoms with E-state index in [9.17, 15) is 9.59 Å². The summed E-state index contributed by atoms with van der Waals surface area (Å²) in [6.45, 7) is 1.82. The normalized spacial score (nSPS) is 28.8. The number of nitrogens with one attached hydrogen (secondary N) is 1. The van der Waals surface area contributed by atoms with Gasteiger partial charge in [0.1, 0.15) is 0 Å². The van der Waals surface area contributed by atoms with Gasteiger partial charge in [0.15, 0.2) is 0 Å².